The average Bonchev–Trinajstić information content (AvgIpc) is 2.06. The fourth-order valence-corrected chi connectivity index (χ4v) is 1.70. The van der Waals surface area contributed by atoms with E-state index in [0.717, 1.165) is 17.8 Å². The second-order valence-corrected chi connectivity index (χ2v) is 4.32. The molecule has 0 radical (unpaired) electrons. The Labute approximate surface area is 78.7 Å². The van der Waals surface area contributed by atoms with Gasteiger partial charge in [-0.15, -0.1) is 0 Å². The van der Waals surface area contributed by atoms with Crippen LogP contribution >= 0.6 is 0 Å². The topological polar surface area (TPSA) is 25.8 Å². The zero-order valence-corrected chi connectivity index (χ0v) is 8.33. The van der Waals surface area contributed by atoms with Gasteiger partial charge in [0.05, 0.1) is 5.69 Å². The summed E-state index contributed by atoms with van der Waals surface area (Å²) in [4.78, 5) is 8.46. The molecule has 0 saturated heterocycles. The van der Waals surface area contributed by atoms with Crippen molar-refractivity contribution in [2.45, 2.75) is 27.2 Å². The summed E-state index contributed by atoms with van der Waals surface area (Å²) < 4.78 is 0. The smallest absolute Gasteiger partial charge is 0.116 e. The van der Waals surface area contributed by atoms with Crippen molar-refractivity contribution in [2.75, 3.05) is 0 Å². The van der Waals surface area contributed by atoms with Gasteiger partial charge in [-0.25, -0.2) is 9.97 Å². The summed E-state index contributed by atoms with van der Waals surface area (Å²) in [6, 6.07) is 0. The van der Waals surface area contributed by atoms with Crippen molar-refractivity contribution in [1.82, 2.24) is 9.97 Å². The largest absolute Gasteiger partial charge is 0.241 e. The minimum Gasteiger partial charge on any atom is -0.241 e. The highest BCUT2D eigenvalue weighted by atomic mass is 14.8. The molecule has 1 heterocycles. The number of fused-ring (bicyclic) bond motifs is 1. The third-order valence-electron chi connectivity index (χ3n) is 2.52. The van der Waals surface area contributed by atoms with Gasteiger partial charge in [0.2, 0.25) is 0 Å². The van der Waals surface area contributed by atoms with E-state index in [-0.39, 0.29) is 5.41 Å². The lowest BCUT2D eigenvalue weighted by atomic mass is 9.80. The molecule has 0 aliphatic heterocycles. The minimum atomic E-state index is 0.252. The molecule has 2 nitrogen and oxygen atoms in total. The molecule has 1 aromatic rings. The maximum atomic E-state index is 4.25. The molecule has 0 fully saturated rings. The lowest BCUT2D eigenvalue weighted by molar-refractivity contribution is 0.470. The molecule has 0 aromatic carbocycles. The SMILES string of the molecule is Cc1ncnc2c1CC(C)(C)C=C2. The molecule has 2 heteroatoms. The number of allylic oxidation sites excluding steroid dienone is 1. The molecule has 0 amide bonds. The predicted octanol–water partition coefficient (Wildman–Crippen LogP) is 2.38. The molecule has 0 bridgehead atoms. The third kappa shape index (κ3) is 1.48. The van der Waals surface area contributed by atoms with Gasteiger partial charge in [0.25, 0.3) is 0 Å². The van der Waals surface area contributed by atoms with Gasteiger partial charge in [-0.2, -0.15) is 0 Å². The summed E-state index contributed by atoms with van der Waals surface area (Å²) in [6.45, 7) is 6.52. The first-order valence-corrected chi connectivity index (χ1v) is 4.58. The first-order valence-electron chi connectivity index (χ1n) is 4.58. The van der Waals surface area contributed by atoms with Crippen LogP contribution in [-0.4, -0.2) is 9.97 Å². The Balaban J connectivity index is 2.54. The maximum absolute atomic E-state index is 4.25. The standard InChI is InChI=1S/C11H14N2/c1-8-9-6-11(2,3)5-4-10(9)13-7-12-8/h4-5,7H,6H2,1-3H3. The average molecular weight is 174 g/mol. The molecule has 0 unspecified atom stereocenters. The van der Waals surface area contributed by atoms with E-state index in [0.29, 0.717) is 0 Å². The van der Waals surface area contributed by atoms with Gasteiger partial charge >= 0.3 is 0 Å². The van der Waals surface area contributed by atoms with Gasteiger partial charge in [-0.05, 0) is 30.4 Å². The van der Waals surface area contributed by atoms with Gasteiger partial charge < -0.3 is 0 Å². The highest BCUT2D eigenvalue weighted by molar-refractivity contribution is 5.54. The summed E-state index contributed by atoms with van der Waals surface area (Å²) in [6.07, 6.45) is 7.01. The first-order chi connectivity index (χ1) is 6.08. The van der Waals surface area contributed by atoms with E-state index in [9.17, 15) is 0 Å². The summed E-state index contributed by atoms with van der Waals surface area (Å²) in [5.41, 5.74) is 3.76. The summed E-state index contributed by atoms with van der Waals surface area (Å²) >= 11 is 0. The Bertz CT molecular complexity index is 364. The van der Waals surface area contributed by atoms with Gasteiger partial charge in [0, 0.05) is 5.69 Å². The molecule has 68 valence electrons. The van der Waals surface area contributed by atoms with Crippen LogP contribution in [0.1, 0.15) is 30.8 Å². The lowest BCUT2D eigenvalue weighted by Gasteiger charge is -2.25. The van der Waals surface area contributed by atoms with E-state index >= 15 is 0 Å². The van der Waals surface area contributed by atoms with Crippen molar-refractivity contribution in [3.05, 3.63) is 29.4 Å². The monoisotopic (exact) mass is 174 g/mol. The summed E-state index contributed by atoms with van der Waals surface area (Å²) in [5.74, 6) is 0. The van der Waals surface area contributed by atoms with Crippen LogP contribution in [-0.2, 0) is 6.42 Å². The number of aryl methyl sites for hydroxylation is 1. The Morgan fingerprint density at radius 1 is 1.31 bits per heavy atom. The van der Waals surface area contributed by atoms with E-state index in [1.807, 2.05) is 0 Å². The number of hydrogen-bond donors (Lipinski definition) is 0. The zero-order chi connectivity index (χ0) is 9.47. The quantitative estimate of drug-likeness (QED) is 0.603. The van der Waals surface area contributed by atoms with Crippen LogP contribution in [0, 0.1) is 12.3 Å². The van der Waals surface area contributed by atoms with E-state index in [4.69, 9.17) is 0 Å². The third-order valence-corrected chi connectivity index (χ3v) is 2.52. The lowest BCUT2D eigenvalue weighted by Crippen LogP contribution is -2.17. The van der Waals surface area contributed by atoms with Crippen LogP contribution in [0.4, 0.5) is 0 Å². The van der Waals surface area contributed by atoms with Crippen LogP contribution < -0.4 is 0 Å². The Hall–Kier alpha value is -1.18. The number of aromatic nitrogens is 2. The Morgan fingerprint density at radius 2 is 2.08 bits per heavy atom. The van der Waals surface area contributed by atoms with Crippen molar-refractivity contribution >= 4 is 6.08 Å². The minimum absolute atomic E-state index is 0.252. The molecular formula is C11H14N2. The molecule has 2 rings (SSSR count). The van der Waals surface area contributed by atoms with E-state index in [2.05, 4.69) is 42.9 Å². The zero-order valence-electron chi connectivity index (χ0n) is 8.33. The predicted molar refractivity (Wildman–Crippen MR) is 53.3 cm³/mol. The van der Waals surface area contributed by atoms with Crippen LogP contribution in [0.2, 0.25) is 0 Å². The van der Waals surface area contributed by atoms with Gasteiger partial charge in [-0.1, -0.05) is 19.9 Å². The molecule has 1 aliphatic carbocycles. The molecule has 0 N–H and O–H groups in total. The van der Waals surface area contributed by atoms with E-state index in [1.165, 1.54) is 5.56 Å². The molecule has 0 saturated carbocycles. The normalized spacial score (nSPS) is 18.4. The molecule has 1 aliphatic rings. The highest BCUT2D eigenvalue weighted by Crippen LogP contribution is 2.31. The van der Waals surface area contributed by atoms with Crippen molar-refractivity contribution in [2.24, 2.45) is 5.41 Å². The van der Waals surface area contributed by atoms with Crippen LogP contribution in [0.5, 0.6) is 0 Å². The van der Waals surface area contributed by atoms with Crippen LogP contribution in [0.25, 0.3) is 6.08 Å². The molecule has 0 atom stereocenters. The fraction of sp³-hybridized carbons (Fsp3) is 0.455. The Morgan fingerprint density at radius 3 is 2.85 bits per heavy atom. The van der Waals surface area contributed by atoms with E-state index in [1.54, 1.807) is 6.33 Å². The molecule has 13 heavy (non-hydrogen) atoms. The van der Waals surface area contributed by atoms with Crippen LogP contribution in [0.15, 0.2) is 12.4 Å². The summed E-state index contributed by atoms with van der Waals surface area (Å²) in [7, 11) is 0. The highest BCUT2D eigenvalue weighted by Gasteiger charge is 2.22. The number of rotatable bonds is 0. The van der Waals surface area contributed by atoms with Crippen molar-refractivity contribution in [3.63, 3.8) is 0 Å². The maximum Gasteiger partial charge on any atom is 0.116 e. The van der Waals surface area contributed by atoms with Crippen LogP contribution in [0.3, 0.4) is 0 Å². The van der Waals surface area contributed by atoms with Crippen molar-refractivity contribution < 1.29 is 0 Å². The van der Waals surface area contributed by atoms with Crippen molar-refractivity contribution in [3.8, 4) is 0 Å². The van der Waals surface area contributed by atoms with Gasteiger partial charge in [0.15, 0.2) is 0 Å². The molecule has 1 aromatic heterocycles. The number of hydrogen-bond acceptors (Lipinski definition) is 2. The Kier molecular flexibility index (Phi) is 1.72. The first kappa shape index (κ1) is 8.42. The number of nitrogens with zero attached hydrogens (tertiary/aromatic N) is 2. The van der Waals surface area contributed by atoms with Crippen molar-refractivity contribution in [1.29, 1.82) is 0 Å². The molecular weight excluding hydrogens is 160 g/mol. The van der Waals surface area contributed by atoms with Gasteiger partial charge in [-0.3, -0.25) is 0 Å². The molecule has 0 spiro atoms. The summed E-state index contributed by atoms with van der Waals surface area (Å²) in [5, 5.41) is 0. The van der Waals surface area contributed by atoms with E-state index < -0.39 is 0 Å². The second-order valence-electron chi connectivity index (χ2n) is 4.32. The van der Waals surface area contributed by atoms with Gasteiger partial charge in [0.1, 0.15) is 6.33 Å². The fourth-order valence-electron chi connectivity index (χ4n) is 1.70. The second kappa shape index (κ2) is 2.66.